The van der Waals surface area contributed by atoms with Gasteiger partial charge in [0.1, 0.15) is 0 Å². The molecule has 1 aromatic rings. The summed E-state index contributed by atoms with van der Waals surface area (Å²) in [5.74, 6) is 0. The van der Waals surface area contributed by atoms with Crippen LogP contribution in [0.2, 0.25) is 0 Å². The lowest BCUT2D eigenvalue weighted by Gasteiger charge is -1.94. The third-order valence-electron chi connectivity index (χ3n) is 1.16. The Morgan fingerprint density at radius 1 is 1.33 bits per heavy atom. The van der Waals surface area contributed by atoms with Gasteiger partial charge in [-0.1, -0.05) is 30.9 Å². The molecule has 0 atom stereocenters. The molecule has 0 N–H and O–H groups in total. The summed E-state index contributed by atoms with van der Waals surface area (Å²) < 4.78 is 0. The molecule has 0 amide bonds. The molecule has 0 saturated carbocycles. The monoisotopic (exact) mass is 136 g/mol. The molecule has 0 aromatic heterocycles. The molecule has 0 nitrogen and oxygen atoms in total. The first-order valence-corrected chi connectivity index (χ1v) is 3.20. The van der Waals surface area contributed by atoms with Crippen LogP contribution in [0, 0.1) is 0 Å². The Labute approximate surface area is 60.6 Å². The second-order valence-electron chi connectivity index (χ2n) is 1.76. The number of hydrogen-bond donors (Lipinski definition) is 1. The zero-order chi connectivity index (χ0) is 6.69. The molecule has 0 aliphatic heterocycles. The first kappa shape index (κ1) is 6.43. The molecule has 0 aliphatic rings. The molecule has 0 radical (unpaired) electrons. The molecule has 0 spiro atoms. The smallest absolute Gasteiger partial charge is 0.0112 e. The Kier molecular flexibility index (Phi) is 1.96. The maximum absolute atomic E-state index is 4.21. The quantitative estimate of drug-likeness (QED) is 0.564. The van der Waals surface area contributed by atoms with Crippen LogP contribution in [-0.2, 0) is 0 Å². The van der Waals surface area contributed by atoms with Crippen LogP contribution in [0.3, 0.4) is 0 Å². The van der Waals surface area contributed by atoms with E-state index >= 15 is 0 Å². The second kappa shape index (κ2) is 2.74. The summed E-state index contributed by atoms with van der Waals surface area (Å²) in [6.45, 7) is 3.64. The van der Waals surface area contributed by atoms with Gasteiger partial charge >= 0.3 is 0 Å². The van der Waals surface area contributed by atoms with Crippen molar-refractivity contribution in [1.29, 1.82) is 0 Å². The van der Waals surface area contributed by atoms with Crippen LogP contribution in [0.1, 0.15) is 5.56 Å². The van der Waals surface area contributed by atoms with Crippen molar-refractivity contribution in [2.24, 2.45) is 0 Å². The van der Waals surface area contributed by atoms with E-state index in [0.29, 0.717) is 0 Å². The Morgan fingerprint density at radius 2 is 2.00 bits per heavy atom. The third-order valence-corrected chi connectivity index (χ3v) is 1.56. The minimum absolute atomic E-state index is 0.979. The molecule has 1 aromatic carbocycles. The summed E-state index contributed by atoms with van der Waals surface area (Å²) >= 11 is 4.21. The van der Waals surface area contributed by atoms with Crippen LogP contribution in [-0.4, -0.2) is 0 Å². The molecule has 0 bridgehead atoms. The van der Waals surface area contributed by atoms with E-state index in [1.54, 1.807) is 6.08 Å². The predicted octanol–water partition coefficient (Wildman–Crippen LogP) is 2.62. The van der Waals surface area contributed by atoms with Gasteiger partial charge < -0.3 is 0 Å². The van der Waals surface area contributed by atoms with Crippen molar-refractivity contribution in [3.8, 4) is 0 Å². The van der Waals surface area contributed by atoms with Gasteiger partial charge in [-0.25, -0.2) is 0 Å². The Balaban J connectivity index is 3.15. The zero-order valence-corrected chi connectivity index (χ0v) is 5.94. The molecule has 9 heavy (non-hydrogen) atoms. The molecule has 0 fully saturated rings. The van der Waals surface area contributed by atoms with Gasteiger partial charge in [-0.05, 0) is 11.6 Å². The van der Waals surface area contributed by atoms with E-state index in [0.717, 1.165) is 10.5 Å². The largest absolute Gasteiger partial charge is 0.143 e. The standard InChI is InChI=1S/C8H8S/c1-2-7-5-3-4-6-8(7)9/h2-6,9H,1H2. The van der Waals surface area contributed by atoms with E-state index in [9.17, 15) is 0 Å². The van der Waals surface area contributed by atoms with Gasteiger partial charge in [0.15, 0.2) is 0 Å². The van der Waals surface area contributed by atoms with Crippen LogP contribution in [0.25, 0.3) is 6.08 Å². The summed E-state index contributed by atoms with van der Waals surface area (Å²) in [6.07, 6.45) is 1.79. The highest BCUT2D eigenvalue weighted by atomic mass is 32.1. The number of rotatable bonds is 1. The van der Waals surface area contributed by atoms with Gasteiger partial charge in [0.05, 0.1) is 0 Å². The highest BCUT2D eigenvalue weighted by Crippen LogP contribution is 2.12. The molecule has 0 heterocycles. The summed E-state index contributed by atoms with van der Waals surface area (Å²) in [5.41, 5.74) is 1.08. The average molecular weight is 136 g/mol. The van der Waals surface area contributed by atoms with Gasteiger partial charge in [-0.2, -0.15) is 0 Å². The maximum Gasteiger partial charge on any atom is 0.0112 e. The van der Waals surface area contributed by atoms with Gasteiger partial charge in [0, 0.05) is 4.90 Å². The van der Waals surface area contributed by atoms with Crippen molar-refractivity contribution in [2.45, 2.75) is 4.90 Å². The topological polar surface area (TPSA) is 0 Å². The second-order valence-corrected chi connectivity index (χ2v) is 2.24. The fourth-order valence-electron chi connectivity index (χ4n) is 0.660. The van der Waals surface area contributed by atoms with E-state index in [1.807, 2.05) is 24.3 Å². The lowest BCUT2D eigenvalue weighted by Crippen LogP contribution is -1.71. The number of thiol groups is 1. The van der Waals surface area contributed by atoms with Crippen LogP contribution < -0.4 is 0 Å². The highest BCUT2D eigenvalue weighted by Gasteiger charge is 1.87. The van der Waals surface area contributed by atoms with Crippen LogP contribution in [0.4, 0.5) is 0 Å². The van der Waals surface area contributed by atoms with Crippen molar-refractivity contribution in [1.82, 2.24) is 0 Å². The van der Waals surface area contributed by atoms with Gasteiger partial charge in [-0.3, -0.25) is 0 Å². The van der Waals surface area contributed by atoms with Gasteiger partial charge in [0.25, 0.3) is 0 Å². The Morgan fingerprint density at radius 3 is 2.44 bits per heavy atom. The summed E-state index contributed by atoms with van der Waals surface area (Å²) in [7, 11) is 0. The van der Waals surface area contributed by atoms with E-state index in [1.165, 1.54) is 0 Å². The van der Waals surface area contributed by atoms with Gasteiger partial charge in [-0.15, -0.1) is 12.6 Å². The predicted molar refractivity (Wildman–Crippen MR) is 43.8 cm³/mol. The summed E-state index contributed by atoms with van der Waals surface area (Å²) in [6, 6.07) is 7.85. The van der Waals surface area contributed by atoms with Crippen molar-refractivity contribution in [2.75, 3.05) is 0 Å². The maximum atomic E-state index is 4.21. The van der Waals surface area contributed by atoms with Crippen molar-refractivity contribution < 1.29 is 0 Å². The number of benzene rings is 1. The molecule has 1 heteroatoms. The van der Waals surface area contributed by atoms with Crippen molar-refractivity contribution in [3.05, 3.63) is 36.4 Å². The molecule has 1 rings (SSSR count). The SMILES string of the molecule is C=Cc1ccccc1S. The Bertz CT molecular complexity index is 216. The first-order chi connectivity index (χ1) is 4.34. The van der Waals surface area contributed by atoms with Gasteiger partial charge in [0.2, 0.25) is 0 Å². The van der Waals surface area contributed by atoms with E-state index in [-0.39, 0.29) is 0 Å². The van der Waals surface area contributed by atoms with E-state index in [4.69, 9.17) is 0 Å². The highest BCUT2D eigenvalue weighted by molar-refractivity contribution is 7.80. The Hall–Kier alpha value is -0.690. The summed E-state index contributed by atoms with van der Waals surface area (Å²) in [4.78, 5) is 0.979. The lowest BCUT2D eigenvalue weighted by molar-refractivity contribution is 1.44. The van der Waals surface area contributed by atoms with E-state index < -0.39 is 0 Å². The lowest BCUT2D eigenvalue weighted by atomic mass is 10.2. The summed E-state index contributed by atoms with van der Waals surface area (Å²) in [5, 5.41) is 0. The molecule has 46 valence electrons. The molecule has 0 unspecified atom stereocenters. The normalized spacial score (nSPS) is 9.00. The molecular weight excluding hydrogens is 128 g/mol. The molecular formula is C8H8S. The van der Waals surface area contributed by atoms with Crippen LogP contribution >= 0.6 is 12.6 Å². The fourth-order valence-corrected chi connectivity index (χ4v) is 0.912. The zero-order valence-electron chi connectivity index (χ0n) is 5.04. The molecule has 0 aliphatic carbocycles. The minimum Gasteiger partial charge on any atom is -0.143 e. The number of hydrogen-bond acceptors (Lipinski definition) is 1. The van der Waals surface area contributed by atoms with Crippen LogP contribution in [0.5, 0.6) is 0 Å². The third kappa shape index (κ3) is 1.36. The van der Waals surface area contributed by atoms with E-state index in [2.05, 4.69) is 19.2 Å². The minimum atomic E-state index is 0.979. The first-order valence-electron chi connectivity index (χ1n) is 2.75. The fraction of sp³-hybridized carbons (Fsp3) is 0. The molecule has 0 saturated heterocycles. The van der Waals surface area contributed by atoms with Crippen LogP contribution in [0.15, 0.2) is 35.7 Å². The van der Waals surface area contributed by atoms with Crippen molar-refractivity contribution in [3.63, 3.8) is 0 Å². The average Bonchev–Trinajstić information content (AvgIpc) is 1.89. The van der Waals surface area contributed by atoms with Crippen molar-refractivity contribution >= 4 is 18.7 Å².